The van der Waals surface area contributed by atoms with Crippen LogP contribution in [0, 0.1) is 13.8 Å². The Hall–Kier alpha value is -1.11. The van der Waals surface area contributed by atoms with Crippen molar-refractivity contribution in [3.05, 3.63) is 23.3 Å². The standard InChI is InChI=1S/C13H20N2O3S/c1-9-5-6-10(2)13(12(9)14)19(16,17)15-8-11-4-3-7-18-11/h5-6,11,15H,3-4,7-8,14H2,1-2H3. The van der Waals surface area contributed by atoms with Crippen molar-refractivity contribution >= 4 is 15.7 Å². The van der Waals surface area contributed by atoms with Crippen LogP contribution < -0.4 is 10.5 Å². The molecule has 0 bridgehead atoms. The van der Waals surface area contributed by atoms with Crippen LogP contribution in [0.2, 0.25) is 0 Å². The van der Waals surface area contributed by atoms with Crippen molar-refractivity contribution in [2.24, 2.45) is 0 Å². The van der Waals surface area contributed by atoms with Gasteiger partial charge in [-0.05, 0) is 37.8 Å². The lowest BCUT2D eigenvalue weighted by Gasteiger charge is -2.15. The van der Waals surface area contributed by atoms with Gasteiger partial charge < -0.3 is 10.5 Å². The maximum Gasteiger partial charge on any atom is 0.242 e. The van der Waals surface area contributed by atoms with Gasteiger partial charge in [0.2, 0.25) is 10.0 Å². The second kappa shape index (κ2) is 5.48. The summed E-state index contributed by atoms with van der Waals surface area (Å²) in [6.07, 6.45) is 1.85. The van der Waals surface area contributed by atoms with E-state index in [0.29, 0.717) is 24.4 Å². The zero-order valence-electron chi connectivity index (χ0n) is 11.3. The zero-order chi connectivity index (χ0) is 14.0. The maximum atomic E-state index is 12.3. The van der Waals surface area contributed by atoms with E-state index in [-0.39, 0.29) is 11.0 Å². The van der Waals surface area contributed by atoms with Gasteiger partial charge in [-0.3, -0.25) is 0 Å². The predicted molar refractivity (Wildman–Crippen MR) is 74.5 cm³/mol. The molecule has 0 saturated carbocycles. The molecular weight excluding hydrogens is 264 g/mol. The number of hydrogen-bond donors (Lipinski definition) is 2. The quantitative estimate of drug-likeness (QED) is 0.818. The van der Waals surface area contributed by atoms with Crippen LogP contribution in [0.4, 0.5) is 5.69 Å². The molecule has 1 aromatic rings. The van der Waals surface area contributed by atoms with Crippen LogP contribution >= 0.6 is 0 Å². The minimum Gasteiger partial charge on any atom is -0.397 e. The lowest BCUT2D eigenvalue weighted by molar-refractivity contribution is 0.114. The average molecular weight is 284 g/mol. The van der Waals surface area contributed by atoms with Gasteiger partial charge in [0, 0.05) is 13.2 Å². The Bertz CT molecular complexity index is 563. The van der Waals surface area contributed by atoms with Crippen molar-refractivity contribution in [2.45, 2.75) is 37.7 Å². The number of anilines is 1. The van der Waals surface area contributed by atoms with Crippen LogP contribution in [0.3, 0.4) is 0 Å². The molecule has 106 valence electrons. The third-order valence-corrected chi connectivity index (χ3v) is 5.03. The first-order valence-corrected chi connectivity index (χ1v) is 7.87. The van der Waals surface area contributed by atoms with Gasteiger partial charge >= 0.3 is 0 Å². The monoisotopic (exact) mass is 284 g/mol. The lowest BCUT2D eigenvalue weighted by Crippen LogP contribution is -2.32. The van der Waals surface area contributed by atoms with Gasteiger partial charge in [0.05, 0.1) is 11.8 Å². The molecule has 1 heterocycles. The lowest BCUT2D eigenvalue weighted by atomic mass is 10.1. The number of sulfonamides is 1. The fourth-order valence-corrected chi connectivity index (χ4v) is 3.74. The first-order valence-electron chi connectivity index (χ1n) is 6.39. The van der Waals surface area contributed by atoms with Crippen molar-refractivity contribution in [1.82, 2.24) is 4.72 Å². The summed E-state index contributed by atoms with van der Waals surface area (Å²) < 4.78 is 32.7. The zero-order valence-corrected chi connectivity index (χ0v) is 12.1. The van der Waals surface area contributed by atoms with Gasteiger partial charge in [0.15, 0.2) is 0 Å². The van der Waals surface area contributed by atoms with Crippen LogP contribution in [-0.2, 0) is 14.8 Å². The van der Waals surface area contributed by atoms with E-state index in [1.165, 1.54) is 0 Å². The number of nitrogens with two attached hydrogens (primary N) is 1. The Kier molecular flexibility index (Phi) is 4.13. The Morgan fingerprint density at radius 3 is 2.68 bits per heavy atom. The highest BCUT2D eigenvalue weighted by Gasteiger charge is 2.24. The molecule has 0 amide bonds. The van der Waals surface area contributed by atoms with E-state index in [1.54, 1.807) is 19.9 Å². The molecule has 2 rings (SSSR count). The Labute approximate surface area is 114 Å². The first-order chi connectivity index (χ1) is 8.92. The number of aryl methyl sites for hydroxylation is 2. The van der Waals surface area contributed by atoms with E-state index in [0.717, 1.165) is 18.4 Å². The smallest absolute Gasteiger partial charge is 0.242 e. The van der Waals surface area contributed by atoms with Gasteiger partial charge in [0.1, 0.15) is 4.90 Å². The molecule has 5 nitrogen and oxygen atoms in total. The fraction of sp³-hybridized carbons (Fsp3) is 0.538. The summed E-state index contributed by atoms with van der Waals surface area (Å²) in [6, 6.07) is 3.59. The van der Waals surface area contributed by atoms with Crippen molar-refractivity contribution in [3.63, 3.8) is 0 Å². The van der Waals surface area contributed by atoms with E-state index in [2.05, 4.69) is 4.72 Å². The molecule has 1 unspecified atom stereocenters. The average Bonchev–Trinajstić information content (AvgIpc) is 2.85. The van der Waals surface area contributed by atoms with E-state index in [9.17, 15) is 8.42 Å². The molecule has 0 spiro atoms. The number of nitrogens with one attached hydrogen (secondary N) is 1. The van der Waals surface area contributed by atoms with Gasteiger partial charge in [-0.2, -0.15) is 0 Å². The Balaban J connectivity index is 2.21. The van der Waals surface area contributed by atoms with E-state index in [1.807, 2.05) is 6.07 Å². The Morgan fingerprint density at radius 2 is 2.05 bits per heavy atom. The topological polar surface area (TPSA) is 81.4 Å². The highest BCUT2D eigenvalue weighted by molar-refractivity contribution is 7.89. The summed E-state index contributed by atoms with van der Waals surface area (Å²) in [4.78, 5) is 0.186. The minimum atomic E-state index is -3.59. The van der Waals surface area contributed by atoms with Crippen LogP contribution in [0.15, 0.2) is 17.0 Å². The fourth-order valence-electron chi connectivity index (χ4n) is 2.24. The summed E-state index contributed by atoms with van der Waals surface area (Å²) >= 11 is 0. The summed E-state index contributed by atoms with van der Waals surface area (Å²) in [5, 5.41) is 0. The number of rotatable bonds is 4. The number of nitrogen functional groups attached to an aromatic ring is 1. The number of ether oxygens (including phenoxy) is 1. The van der Waals surface area contributed by atoms with Crippen LogP contribution in [0.25, 0.3) is 0 Å². The van der Waals surface area contributed by atoms with Gasteiger partial charge in [-0.1, -0.05) is 12.1 Å². The van der Waals surface area contributed by atoms with Crippen LogP contribution in [0.5, 0.6) is 0 Å². The highest BCUT2D eigenvalue weighted by Crippen LogP contribution is 2.25. The molecule has 6 heteroatoms. The summed E-state index contributed by atoms with van der Waals surface area (Å²) in [5.74, 6) is 0. The second-order valence-electron chi connectivity index (χ2n) is 4.93. The summed E-state index contributed by atoms with van der Waals surface area (Å²) in [6.45, 7) is 4.55. The van der Waals surface area contributed by atoms with E-state index in [4.69, 9.17) is 10.5 Å². The molecule has 1 saturated heterocycles. The third kappa shape index (κ3) is 3.08. The molecule has 1 aliphatic rings. The molecule has 0 radical (unpaired) electrons. The van der Waals surface area contributed by atoms with Gasteiger partial charge in [-0.25, -0.2) is 13.1 Å². The summed E-state index contributed by atoms with van der Waals surface area (Å²) in [5.41, 5.74) is 7.64. The molecule has 1 aliphatic heterocycles. The van der Waals surface area contributed by atoms with Crippen molar-refractivity contribution in [2.75, 3.05) is 18.9 Å². The molecule has 19 heavy (non-hydrogen) atoms. The number of hydrogen-bond acceptors (Lipinski definition) is 4. The summed E-state index contributed by atoms with van der Waals surface area (Å²) in [7, 11) is -3.59. The van der Waals surface area contributed by atoms with E-state index >= 15 is 0 Å². The van der Waals surface area contributed by atoms with Crippen LogP contribution in [0.1, 0.15) is 24.0 Å². The first kappa shape index (κ1) is 14.3. The highest BCUT2D eigenvalue weighted by atomic mass is 32.2. The second-order valence-corrected chi connectivity index (χ2v) is 6.63. The molecule has 1 atom stereocenters. The molecule has 3 N–H and O–H groups in total. The van der Waals surface area contributed by atoms with Crippen molar-refractivity contribution < 1.29 is 13.2 Å². The molecule has 0 aliphatic carbocycles. The van der Waals surface area contributed by atoms with Crippen molar-refractivity contribution in [1.29, 1.82) is 0 Å². The molecule has 0 aromatic heterocycles. The molecule has 1 aromatic carbocycles. The van der Waals surface area contributed by atoms with Crippen LogP contribution in [-0.4, -0.2) is 27.7 Å². The normalized spacial score (nSPS) is 19.8. The minimum absolute atomic E-state index is 0.0267. The van der Waals surface area contributed by atoms with Crippen molar-refractivity contribution in [3.8, 4) is 0 Å². The van der Waals surface area contributed by atoms with Gasteiger partial charge in [-0.15, -0.1) is 0 Å². The predicted octanol–water partition coefficient (Wildman–Crippen LogP) is 1.34. The van der Waals surface area contributed by atoms with Gasteiger partial charge in [0.25, 0.3) is 0 Å². The Morgan fingerprint density at radius 1 is 1.37 bits per heavy atom. The molecule has 1 fully saturated rings. The maximum absolute atomic E-state index is 12.3. The SMILES string of the molecule is Cc1ccc(C)c(S(=O)(=O)NCC2CCCO2)c1N. The third-order valence-electron chi connectivity index (χ3n) is 3.40. The van der Waals surface area contributed by atoms with E-state index < -0.39 is 10.0 Å². The molecular formula is C13H20N2O3S. The number of benzene rings is 1. The largest absolute Gasteiger partial charge is 0.397 e.